The van der Waals surface area contributed by atoms with Crippen LogP contribution in [0.3, 0.4) is 0 Å². The van der Waals surface area contributed by atoms with E-state index >= 15 is 0 Å². The largest absolute Gasteiger partial charge is 0.396 e. The predicted molar refractivity (Wildman–Crippen MR) is 75.1 cm³/mol. The maximum atomic E-state index is 12.2. The van der Waals surface area contributed by atoms with E-state index in [2.05, 4.69) is 5.32 Å². The second kappa shape index (κ2) is 5.78. The van der Waals surface area contributed by atoms with Crippen molar-refractivity contribution in [3.63, 3.8) is 0 Å². The van der Waals surface area contributed by atoms with Gasteiger partial charge in [0, 0.05) is 24.7 Å². The molecule has 4 heteroatoms. The molecule has 0 unspecified atom stereocenters. The van der Waals surface area contributed by atoms with Crippen LogP contribution in [-0.4, -0.2) is 28.7 Å². The summed E-state index contributed by atoms with van der Waals surface area (Å²) in [5, 5.41) is 12.6. The topological polar surface area (TPSA) is 54.3 Å². The number of carbonyl (C=O) groups is 1. The van der Waals surface area contributed by atoms with Crippen LogP contribution in [0.25, 0.3) is 0 Å². The Morgan fingerprint density at radius 2 is 2.05 bits per heavy atom. The van der Waals surface area contributed by atoms with E-state index in [4.69, 9.17) is 0 Å². The van der Waals surface area contributed by atoms with Crippen molar-refractivity contribution in [3.8, 4) is 0 Å². The van der Waals surface area contributed by atoms with Gasteiger partial charge in [-0.3, -0.25) is 4.79 Å². The fourth-order valence-corrected chi connectivity index (χ4v) is 2.89. The summed E-state index contributed by atoms with van der Waals surface area (Å²) < 4.78 is 1.89. The molecule has 1 fully saturated rings. The third-order valence-electron chi connectivity index (χ3n) is 4.48. The number of hydrogen-bond donors (Lipinski definition) is 2. The molecule has 1 amide bonds. The monoisotopic (exact) mass is 264 g/mol. The molecule has 19 heavy (non-hydrogen) atoms. The lowest BCUT2D eigenvalue weighted by Crippen LogP contribution is -2.41. The predicted octanol–water partition coefficient (Wildman–Crippen LogP) is 2.01. The van der Waals surface area contributed by atoms with Crippen molar-refractivity contribution in [1.29, 1.82) is 0 Å². The highest BCUT2D eigenvalue weighted by atomic mass is 16.3. The van der Waals surface area contributed by atoms with Gasteiger partial charge in [-0.1, -0.05) is 19.3 Å². The smallest absolute Gasteiger partial charge is 0.267 e. The Balaban J connectivity index is 1.97. The maximum Gasteiger partial charge on any atom is 0.267 e. The molecule has 106 valence electrons. The van der Waals surface area contributed by atoms with Crippen molar-refractivity contribution in [1.82, 2.24) is 9.88 Å². The van der Waals surface area contributed by atoms with Crippen molar-refractivity contribution >= 4 is 5.91 Å². The summed E-state index contributed by atoms with van der Waals surface area (Å²) >= 11 is 0. The van der Waals surface area contributed by atoms with Gasteiger partial charge < -0.3 is 15.0 Å². The highest BCUT2D eigenvalue weighted by molar-refractivity contribution is 5.92. The number of aliphatic hydroxyl groups excluding tert-OH is 1. The lowest BCUT2D eigenvalue weighted by Gasteiger charge is -2.35. The van der Waals surface area contributed by atoms with Gasteiger partial charge in [0.15, 0.2) is 0 Å². The van der Waals surface area contributed by atoms with Crippen LogP contribution in [0.4, 0.5) is 0 Å². The Kier molecular flexibility index (Phi) is 4.30. The van der Waals surface area contributed by atoms with E-state index in [1.54, 1.807) is 0 Å². The Bertz CT molecular complexity index is 445. The van der Waals surface area contributed by atoms with Gasteiger partial charge in [0.25, 0.3) is 5.91 Å². The zero-order valence-corrected chi connectivity index (χ0v) is 11.9. The van der Waals surface area contributed by atoms with Gasteiger partial charge in [0.05, 0.1) is 6.61 Å². The van der Waals surface area contributed by atoms with Crippen LogP contribution < -0.4 is 5.32 Å². The first-order valence-corrected chi connectivity index (χ1v) is 7.09. The van der Waals surface area contributed by atoms with E-state index in [1.807, 2.05) is 30.7 Å². The summed E-state index contributed by atoms with van der Waals surface area (Å²) in [6, 6.07) is 3.79. The number of carbonyl (C=O) groups excluding carboxylic acids is 1. The molecule has 1 aliphatic rings. The SMILES string of the molecule is Cc1ccc(C(=O)NCC2(CO)CCCCC2)n1C. The second-order valence-electron chi connectivity index (χ2n) is 5.82. The summed E-state index contributed by atoms with van der Waals surface area (Å²) in [5.41, 5.74) is 1.65. The van der Waals surface area contributed by atoms with Crippen molar-refractivity contribution < 1.29 is 9.90 Å². The molecule has 0 atom stereocenters. The van der Waals surface area contributed by atoms with Crippen LogP contribution in [0.1, 0.15) is 48.3 Å². The van der Waals surface area contributed by atoms with Crippen LogP contribution in [0.5, 0.6) is 0 Å². The first-order chi connectivity index (χ1) is 9.08. The van der Waals surface area contributed by atoms with Crippen LogP contribution in [0.2, 0.25) is 0 Å². The van der Waals surface area contributed by atoms with Crippen molar-refractivity contribution in [2.75, 3.05) is 13.2 Å². The van der Waals surface area contributed by atoms with Gasteiger partial charge in [-0.05, 0) is 31.9 Å². The molecule has 4 nitrogen and oxygen atoms in total. The van der Waals surface area contributed by atoms with Crippen LogP contribution in [0.15, 0.2) is 12.1 Å². The van der Waals surface area contributed by atoms with Crippen LogP contribution in [0, 0.1) is 12.3 Å². The number of aryl methyl sites for hydroxylation is 1. The van der Waals surface area contributed by atoms with Gasteiger partial charge in [-0.2, -0.15) is 0 Å². The zero-order valence-electron chi connectivity index (χ0n) is 11.9. The number of aliphatic hydroxyl groups is 1. The molecule has 0 radical (unpaired) electrons. The number of nitrogens with one attached hydrogen (secondary N) is 1. The second-order valence-corrected chi connectivity index (χ2v) is 5.82. The maximum absolute atomic E-state index is 12.2. The average Bonchev–Trinajstić information content (AvgIpc) is 2.77. The first-order valence-electron chi connectivity index (χ1n) is 7.09. The van der Waals surface area contributed by atoms with Crippen LogP contribution >= 0.6 is 0 Å². The molecule has 0 bridgehead atoms. The normalized spacial score (nSPS) is 18.3. The minimum atomic E-state index is -0.103. The summed E-state index contributed by atoms with van der Waals surface area (Å²) in [6.07, 6.45) is 5.57. The molecule has 2 rings (SSSR count). The van der Waals surface area contributed by atoms with E-state index in [0.29, 0.717) is 12.2 Å². The number of amides is 1. The zero-order chi connectivity index (χ0) is 13.9. The molecule has 2 N–H and O–H groups in total. The quantitative estimate of drug-likeness (QED) is 0.874. The van der Waals surface area contributed by atoms with Crippen molar-refractivity contribution in [2.45, 2.75) is 39.0 Å². The molecule has 0 spiro atoms. The Hall–Kier alpha value is -1.29. The minimum absolute atomic E-state index is 0.0472. The molecule has 1 saturated carbocycles. The van der Waals surface area contributed by atoms with E-state index < -0.39 is 0 Å². The van der Waals surface area contributed by atoms with Crippen LogP contribution in [-0.2, 0) is 7.05 Å². The summed E-state index contributed by atoms with van der Waals surface area (Å²) in [5.74, 6) is -0.0472. The lowest BCUT2D eigenvalue weighted by atomic mass is 9.74. The molecule has 1 aromatic rings. The minimum Gasteiger partial charge on any atom is -0.396 e. The third-order valence-corrected chi connectivity index (χ3v) is 4.48. The molecule has 1 aromatic heterocycles. The summed E-state index contributed by atoms with van der Waals surface area (Å²) in [7, 11) is 1.90. The van der Waals surface area contributed by atoms with Gasteiger partial charge in [-0.25, -0.2) is 0 Å². The standard InChI is InChI=1S/C15H24N2O2/c1-12-6-7-13(17(12)2)14(19)16-10-15(11-18)8-4-3-5-9-15/h6-7,18H,3-5,8-11H2,1-2H3,(H,16,19). The first kappa shape index (κ1) is 14.1. The molecular formula is C15H24N2O2. The Morgan fingerprint density at radius 3 is 2.58 bits per heavy atom. The lowest BCUT2D eigenvalue weighted by molar-refractivity contribution is 0.0714. The molecular weight excluding hydrogens is 240 g/mol. The summed E-state index contributed by atoms with van der Waals surface area (Å²) in [4.78, 5) is 12.2. The summed E-state index contributed by atoms with van der Waals surface area (Å²) in [6.45, 7) is 2.72. The number of nitrogens with zero attached hydrogens (tertiary/aromatic N) is 1. The van der Waals surface area contributed by atoms with Crippen molar-refractivity contribution in [3.05, 3.63) is 23.5 Å². The van der Waals surface area contributed by atoms with Gasteiger partial charge in [-0.15, -0.1) is 0 Å². The molecule has 0 saturated heterocycles. The fourth-order valence-electron chi connectivity index (χ4n) is 2.89. The van der Waals surface area contributed by atoms with Gasteiger partial charge in [0.2, 0.25) is 0 Å². The van der Waals surface area contributed by atoms with E-state index in [9.17, 15) is 9.90 Å². The van der Waals surface area contributed by atoms with Gasteiger partial charge in [0.1, 0.15) is 5.69 Å². The van der Waals surface area contributed by atoms with Gasteiger partial charge >= 0.3 is 0 Å². The highest BCUT2D eigenvalue weighted by Gasteiger charge is 2.31. The molecule has 1 aliphatic carbocycles. The molecule has 0 aromatic carbocycles. The van der Waals surface area contributed by atoms with E-state index in [-0.39, 0.29) is 17.9 Å². The van der Waals surface area contributed by atoms with Crippen molar-refractivity contribution in [2.24, 2.45) is 12.5 Å². The fraction of sp³-hybridized carbons (Fsp3) is 0.667. The Morgan fingerprint density at radius 1 is 1.37 bits per heavy atom. The molecule has 1 heterocycles. The van der Waals surface area contributed by atoms with E-state index in [0.717, 1.165) is 31.4 Å². The average molecular weight is 264 g/mol. The number of hydrogen-bond acceptors (Lipinski definition) is 2. The third kappa shape index (κ3) is 3.00. The Labute approximate surface area is 114 Å². The highest BCUT2D eigenvalue weighted by Crippen LogP contribution is 2.35. The van der Waals surface area contributed by atoms with E-state index in [1.165, 1.54) is 6.42 Å². The number of aromatic nitrogens is 1. The molecule has 0 aliphatic heterocycles. The number of rotatable bonds is 4.